The van der Waals surface area contributed by atoms with Crippen molar-refractivity contribution < 1.29 is 14.4 Å². The molecule has 194 valence electrons. The van der Waals surface area contributed by atoms with Gasteiger partial charge in [0.15, 0.2) is 5.12 Å². The Morgan fingerprint density at radius 3 is 2.11 bits per heavy atom. The number of nitrogens with one attached hydrogen (secondary N) is 1. The summed E-state index contributed by atoms with van der Waals surface area (Å²) in [6.45, 7) is 7.36. The van der Waals surface area contributed by atoms with Crippen molar-refractivity contribution in [1.82, 2.24) is 20.0 Å². The number of amides is 3. The minimum absolute atomic E-state index is 0.0260. The summed E-state index contributed by atoms with van der Waals surface area (Å²) in [5, 5.41) is 3.03. The topological polar surface area (TPSA) is 73.0 Å². The lowest BCUT2D eigenvalue weighted by Crippen LogP contribution is -2.57. The average Bonchev–Trinajstić information content (AvgIpc) is 2.87. The van der Waals surface area contributed by atoms with E-state index in [-0.39, 0.29) is 22.3 Å². The number of likely N-dealkylation sites (N-methyl/N-ethyl adjacent to an activating group) is 1. The predicted molar refractivity (Wildman–Crippen MR) is 146 cm³/mol. The molecule has 0 radical (unpaired) electrons. The second-order valence-corrected chi connectivity index (χ2v) is 11.0. The maximum absolute atomic E-state index is 13.6. The minimum atomic E-state index is -0.654. The Hall–Kier alpha value is -2.84. The van der Waals surface area contributed by atoms with Crippen LogP contribution in [0.4, 0.5) is 4.79 Å². The number of nitrogens with zero attached hydrogens (tertiary/aromatic N) is 3. The first-order valence-corrected chi connectivity index (χ1v) is 13.5. The van der Waals surface area contributed by atoms with Crippen LogP contribution in [0, 0.1) is 0 Å². The Kier molecular flexibility index (Phi) is 10.8. The number of carbonyl (C=O) groups excluding carboxylic acids is 3. The molecule has 7 nitrogen and oxygen atoms in total. The Balaban J connectivity index is 1.75. The van der Waals surface area contributed by atoms with Crippen LogP contribution in [0.2, 0.25) is 0 Å². The Bertz CT molecular complexity index is 981. The molecule has 3 amide bonds. The van der Waals surface area contributed by atoms with Crippen molar-refractivity contribution in [2.75, 3.05) is 46.3 Å². The van der Waals surface area contributed by atoms with Crippen LogP contribution in [0.5, 0.6) is 0 Å². The van der Waals surface area contributed by atoms with Crippen molar-refractivity contribution in [3.63, 3.8) is 0 Å². The highest BCUT2D eigenvalue weighted by Crippen LogP contribution is 2.15. The van der Waals surface area contributed by atoms with Crippen LogP contribution in [0.3, 0.4) is 0 Å². The maximum atomic E-state index is 13.6. The van der Waals surface area contributed by atoms with E-state index in [0.29, 0.717) is 39.0 Å². The summed E-state index contributed by atoms with van der Waals surface area (Å²) in [4.78, 5) is 44.5. The van der Waals surface area contributed by atoms with Gasteiger partial charge in [0, 0.05) is 57.9 Å². The van der Waals surface area contributed by atoms with Crippen molar-refractivity contribution >= 4 is 28.8 Å². The van der Waals surface area contributed by atoms with Crippen molar-refractivity contribution in [2.45, 2.75) is 38.0 Å². The van der Waals surface area contributed by atoms with Crippen LogP contribution in [-0.2, 0) is 22.4 Å². The van der Waals surface area contributed by atoms with E-state index in [9.17, 15) is 14.4 Å². The second kappa shape index (κ2) is 14.0. The van der Waals surface area contributed by atoms with Crippen LogP contribution >= 0.6 is 11.8 Å². The van der Waals surface area contributed by atoms with Crippen LogP contribution in [0.1, 0.15) is 25.0 Å². The quantitative estimate of drug-likeness (QED) is 0.531. The van der Waals surface area contributed by atoms with E-state index < -0.39 is 6.04 Å². The van der Waals surface area contributed by atoms with Gasteiger partial charge in [-0.2, -0.15) is 0 Å². The molecule has 1 fully saturated rings. The van der Waals surface area contributed by atoms with Gasteiger partial charge in [-0.15, -0.1) is 0 Å². The van der Waals surface area contributed by atoms with E-state index in [2.05, 4.69) is 17.3 Å². The summed E-state index contributed by atoms with van der Waals surface area (Å²) >= 11 is 1.23. The molecule has 2 atom stereocenters. The molecule has 0 spiro atoms. The van der Waals surface area contributed by atoms with Gasteiger partial charge >= 0.3 is 6.03 Å². The summed E-state index contributed by atoms with van der Waals surface area (Å²) in [7, 11) is 2.05. The highest BCUT2D eigenvalue weighted by molar-refractivity contribution is 8.14. The zero-order chi connectivity index (χ0) is 25.9. The standard InChI is InChI=1S/C28H38N4O3S/c1-22(36-23(2)33)21-32(15-14-24-10-6-4-7-11-24)28(35)29-26(20-25-12-8-5-9-13-25)27(34)31-18-16-30(3)17-19-31/h4-13,22,26H,14-21H2,1-3H3,(H,29,35)/t22-,26+/m1/s1. The SMILES string of the molecule is CC(=O)S[C@H](C)CN(CCc1ccccc1)C(=O)N[C@@H](Cc1ccccc1)C(=O)N1CCN(C)CC1. The molecule has 1 aliphatic heterocycles. The fourth-order valence-corrected chi connectivity index (χ4v) is 5.17. The summed E-state index contributed by atoms with van der Waals surface area (Å²) in [5.74, 6) is -0.0468. The highest BCUT2D eigenvalue weighted by Gasteiger charge is 2.30. The molecule has 0 aromatic heterocycles. The second-order valence-electron chi connectivity index (χ2n) is 9.42. The monoisotopic (exact) mass is 510 g/mol. The predicted octanol–water partition coefficient (Wildman–Crippen LogP) is 3.29. The van der Waals surface area contributed by atoms with Crippen LogP contribution in [0.25, 0.3) is 0 Å². The van der Waals surface area contributed by atoms with E-state index in [4.69, 9.17) is 0 Å². The van der Waals surface area contributed by atoms with Gasteiger partial charge in [-0.3, -0.25) is 9.59 Å². The molecule has 8 heteroatoms. The Morgan fingerprint density at radius 1 is 0.944 bits per heavy atom. The molecule has 0 aliphatic carbocycles. The number of thioether (sulfide) groups is 1. The molecule has 1 saturated heterocycles. The lowest BCUT2D eigenvalue weighted by atomic mass is 10.0. The van der Waals surface area contributed by atoms with Crippen molar-refractivity contribution in [3.05, 3.63) is 71.8 Å². The van der Waals surface area contributed by atoms with Gasteiger partial charge < -0.3 is 20.0 Å². The normalized spacial score (nSPS) is 15.7. The molecule has 0 unspecified atom stereocenters. The number of urea groups is 1. The van der Waals surface area contributed by atoms with Gasteiger partial charge in [0.1, 0.15) is 6.04 Å². The first-order valence-electron chi connectivity index (χ1n) is 12.6. The summed E-state index contributed by atoms with van der Waals surface area (Å²) in [6.07, 6.45) is 1.13. The van der Waals surface area contributed by atoms with Crippen LogP contribution < -0.4 is 5.32 Å². The van der Waals surface area contributed by atoms with Gasteiger partial charge in [-0.1, -0.05) is 79.3 Å². The van der Waals surface area contributed by atoms with Gasteiger partial charge in [-0.25, -0.2) is 4.79 Å². The highest BCUT2D eigenvalue weighted by atomic mass is 32.2. The fourth-order valence-electron chi connectivity index (χ4n) is 4.35. The third kappa shape index (κ3) is 8.99. The van der Waals surface area contributed by atoms with E-state index in [1.165, 1.54) is 11.8 Å². The van der Waals surface area contributed by atoms with Crippen molar-refractivity contribution in [2.24, 2.45) is 0 Å². The number of carbonyl (C=O) groups is 3. The molecule has 2 aromatic rings. The van der Waals surface area contributed by atoms with E-state index >= 15 is 0 Å². The maximum Gasteiger partial charge on any atom is 0.318 e. The van der Waals surface area contributed by atoms with Gasteiger partial charge in [-0.05, 0) is 24.6 Å². The van der Waals surface area contributed by atoms with Crippen LogP contribution in [-0.4, -0.2) is 89.4 Å². The lowest BCUT2D eigenvalue weighted by molar-refractivity contribution is -0.134. The largest absolute Gasteiger partial charge is 0.338 e. The number of hydrogen-bond acceptors (Lipinski definition) is 5. The molecule has 2 aromatic carbocycles. The molecular weight excluding hydrogens is 472 g/mol. The molecule has 1 heterocycles. The summed E-state index contributed by atoms with van der Waals surface area (Å²) in [5.41, 5.74) is 2.14. The van der Waals surface area contributed by atoms with Gasteiger partial charge in [0.2, 0.25) is 5.91 Å². The third-order valence-electron chi connectivity index (χ3n) is 6.34. The fraction of sp³-hybridized carbons (Fsp3) is 0.464. The zero-order valence-corrected chi connectivity index (χ0v) is 22.4. The molecule has 1 aliphatic rings. The third-order valence-corrected chi connectivity index (χ3v) is 7.22. The number of hydrogen-bond donors (Lipinski definition) is 1. The van der Waals surface area contributed by atoms with E-state index in [1.54, 1.807) is 11.8 Å². The Morgan fingerprint density at radius 2 is 1.53 bits per heavy atom. The number of piperazine rings is 1. The van der Waals surface area contributed by atoms with Crippen molar-refractivity contribution in [3.8, 4) is 0 Å². The first kappa shape index (κ1) is 27.7. The lowest BCUT2D eigenvalue weighted by Gasteiger charge is -2.35. The molecular formula is C28H38N4O3S. The Labute approximate surface area is 219 Å². The van der Waals surface area contributed by atoms with Crippen molar-refractivity contribution in [1.29, 1.82) is 0 Å². The zero-order valence-electron chi connectivity index (χ0n) is 21.6. The van der Waals surface area contributed by atoms with Gasteiger partial charge in [0.05, 0.1) is 0 Å². The smallest absolute Gasteiger partial charge is 0.318 e. The first-order chi connectivity index (χ1) is 17.3. The molecule has 0 bridgehead atoms. The minimum Gasteiger partial charge on any atom is -0.338 e. The molecule has 0 saturated carbocycles. The number of rotatable bonds is 10. The average molecular weight is 511 g/mol. The van der Waals surface area contributed by atoms with Crippen LogP contribution in [0.15, 0.2) is 60.7 Å². The van der Waals surface area contributed by atoms with Gasteiger partial charge in [0.25, 0.3) is 0 Å². The van der Waals surface area contributed by atoms with E-state index in [1.807, 2.05) is 72.5 Å². The molecule has 3 rings (SSSR count). The summed E-state index contributed by atoms with van der Waals surface area (Å²) < 4.78 is 0. The summed E-state index contributed by atoms with van der Waals surface area (Å²) in [6, 6.07) is 18.9. The molecule has 1 N–H and O–H groups in total. The van der Waals surface area contributed by atoms with E-state index in [0.717, 1.165) is 24.2 Å². The number of benzene rings is 2. The molecule has 36 heavy (non-hydrogen) atoms.